The zero-order chi connectivity index (χ0) is 14.5. The van der Waals surface area contributed by atoms with Gasteiger partial charge in [-0.1, -0.05) is 0 Å². The van der Waals surface area contributed by atoms with Gasteiger partial charge < -0.3 is 10.6 Å². The smallest absolute Gasteiger partial charge is 0.353 e. The fourth-order valence-electron chi connectivity index (χ4n) is 1.64. The Morgan fingerprint density at radius 1 is 1.20 bits per heavy atom. The summed E-state index contributed by atoms with van der Waals surface area (Å²) in [6.07, 6.45) is 3.26. The number of hydrogen-bond acceptors (Lipinski definition) is 7. The molecular weight excluding hydrogens is 278 g/mol. The molecule has 0 bridgehead atoms. The summed E-state index contributed by atoms with van der Waals surface area (Å²) < 4.78 is 0. The van der Waals surface area contributed by atoms with Gasteiger partial charge in [-0.25, -0.2) is 9.97 Å². The molecule has 0 aliphatic rings. The van der Waals surface area contributed by atoms with Crippen molar-refractivity contribution in [2.75, 3.05) is 23.9 Å². The highest BCUT2D eigenvalue weighted by atomic mass is 32.2. The van der Waals surface area contributed by atoms with E-state index in [1.165, 1.54) is 6.33 Å². The molecule has 2 N–H and O–H groups in total. The molecule has 0 aliphatic carbocycles. The molecule has 2 rings (SSSR count). The van der Waals surface area contributed by atoms with E-state index in [-0.39, 0.29) is 17.3 Å². The van der Waals surface area contributed by atoms with E-state index >= 15 is 0 Å². The SMILES string of the molecule is CNc1ncnc(Nc2ccc(SC)cc2)c1[N+](=O)[O-]. The third-order valence-electron chi connectivity index (χ3n) is 2.59. The number of nitrogens with zero attached hydrogens (tertiary/aromatic N) is 3. The summed E-state index contributed by atoms with van der Waals surface area (Å²) in [5.41, 5.74) is 0.551. The van der Waals surface area contributed by atoms with Crippen molar-refractivity contribution in [3.8, 4) is 0 Å². The first-order valence-corrected chi connectivity index (χ1v) is 6.96. The van der Waals surface area contributed by atoms with Gasteiger partial charge in [0.15, 0.2) is 0 Å². The predicted molar refractivity (Wildman–Crippen MR) is 79.7 cm³/mol. The van der Waals surface area contributed by atoms with Crippen LogP contribution in [0.3, 0.4) is 0 Å². The number of benzene rings is 1. The van der Waals surface area contributed by atoms with Crippen LogP contribution in [0.15, 0.2) is 35.5 Å². The van der Waals surface area contributed by atoms with Crippen molar-refractivity contribution < 1.29 is 4.92 Å². The average Bonchev–Trinajstić information content (AvgIpc) is 2.47. The minimum Gasteiger partial charge on any atom is -0.367 e. The molecule has 1 aromatic carbocycles. The lowest BCUT2D eigenvalue weighted by atomic mass is 10.3. The van der Waals surface area contributed by atoms with Crippen LogP contribution in [0.1, 0.15) is 0 Å². The van der Waals surface area contributed by atoms with Crippen molar-refractivity contribution in [1.29, 1.82) is 0 Å². The monoisotopic (exact) mass is 291 g/mol. The van der Waals surface area contributed by atoms with Crippen LogP contribution in [-0.2, 0) is 0 Å². The molecule has 0 aliphatic heterocycles. The van der Waals surface area contributed by atoms with E-state index in [0.29, 0.717) is 0 Å². The van der Waals surface area contributed by atoms with E-state index in [2.05, 4.69) is 20.6 Å². The van der Waals surface area contributed by atoms with Crippen LogP contribution >= 0.6 is 11.8 Å². The van der Waals surface area contributed by atoms with E-state index in [4.69, 9.17) is 0 Å². The third kappa shape index (κ3) is 2.97. The van der Waals surface area contributed by atoms with Gasteiger partial charge >= 0.3 is 5.69 Å². The highest BCUT2D eigenvalue weighted by Gasteiger charge is 2.22. The van der Waals surface area contributed by atoms with Crippen molar-refractivity contribution in [2.45, 2.75) is 4.90 Å². The lowest BCUT2D eigenvalue weighted by Crippen LogP contribution is -2.05. The number of rotatable bonds is 5. The molecule has 0 saturated heterocycles. The fraction of sp³-hybridized carbons (Fsp3) is 0.167. The van der Waals surface area contributed by atoms with Crippen molar-refractivity contribution in [3.05, 3.63) is 40.7 Å². The molecule has 1 aromatic heterocycles. The molecule has 0 saturated carbocycles. The first kappa shape index (κ1) is 14.1. The molecule has 7 nitrogen and oxygen atoms in total. The molecule has 20 heavy (non-hydrogen) atoms. The van der Waals surface area contributed by atoms with Gasteiger partial charge in [-0.2, -0.15) is 0 Å². The van der Waals surface area contributed by atoms with E-state index < -0.39 is 4.92 Å². The van der Waals surface area contributed by atoms with Gasteiger partial charge in [-0.15, -0.1) is 11.8 Å². The molecule has 0 fully saturated rings. The molecule has 0 amide bonds. The average molecular weight is 291 g/mol. The number of anilines is 3. The molecule has 0 radical (unpaired) electrons. The van der Waals surface area contributed by atoms with Gasteiger partial charge in [-0.05, 0) is 30.5 Å². The largest absolute Gasteiger partial charge is 0.367 e. The van der Waals surface area contributed by atoms with E-state index in [9.17, 15) is 10.1 Å². The van der Waals surface area contributed by atoms with E-state index in [1.807, 2.05) is 30.5 Å². The van der Waals surface area contributed by atoms with E-state index in [0.717, 1.165) is 10.6 Å². The Bertz CT molecular complexity index is 618. The third-order valence-corrected chi connectivity index (χ3v) is 3.34. The van der Waals surface area contributed by atoms with Crippen LogP contribution in [0.5, 0.6) is 0 Å². The fourth-order valence-corrected chi connectivity index (χ4v) is 2.05. The number of thioether (sulfide) groups is 1. The van der Waals surface area contributed by atoms with Gasteiger partial charge in [0.25, 0.3) is 0 Å². The number of nitrogens with one attached hydrogen (secondary N) is 2. The maximum Gasteiger partial charge on any atom is 0.353 e. The Balaban J connectivity index is 2.34. The molecule has 0 unspecified atom stereocenters. The minimum atomic E-state index is -0.509. The van der Waals surface area contributed by atoms with Crippen LogP contribution in [0.25, 0.3) is 0 Å². The molecule has 0 spiro atoms. The second kappa shape index (κ2) is 6.20. The second-order valence-corrected chi connectivity index (χ2v) is 4.66. The van der Waals surface area contributed by atoms with Crippen LogP contribution in [-0.4, -0.2) is 28.2 Å². The highest BCUT2D eigenvalue weighted by molar-refractivity contribution is 7.98. The van der Waals surface area contributed by atoms with Crippen molar-refractivity contribution in [2.24, 2.45) is 0 Å². The summed E-state index contributed by atoms with van der Waals surface area (Å²) in [6.45, 7) is 0. The summed E-state index contributed by atoms with van der Waals surface area (Å²) in [5, 5.41) is 16.8. The van der Waals surface area contributed by atoms with E-state index in [1.54, 1.807) is 18.8 Å². The molecule has 0 atom stereocenters. The molecular formula is C12H13N5O2S. The van der Waals surface area contributed by atoms with Crippen LogP contribution in [0.4, 0.5) is 23.0 Å². The quantitative estimate of drug-likeness (QED) is 0.497. The van der Waals surface area contributed by atoms with Gasteiger partial charge in [0.1, 0.15) is 6.33 Å². The maximum atomic E-state index is 11.1. The van der Waals surface area contributed by atoms with Crippen molar-refractivity contribution >= 4 is 34.8 Å². The lowest BCUT2D eigenvalue weighted by Gasteiger charge is -2.08. The topological polar surface area (TPSA) is 93.0 Å². The summed E-state index contributed by atoms with van der Waals surface area (Å²) >= 11 is 1.63. The van der Waals surface area contributed by atoms with Gasteiger partial charge in [0, 0.05) is 17.6 Å². The summed E-state index contributed by atoms with van der Waals surface area (Å²) in [7, 11) is 1.58. The number of aromatic nitrogens is 2. The lowest BCUT2D eigenvalue weighted by molar-refractivity contribution is -0.383. The highest BCUT2D eigenvalue weighted by Crippen LogP contribution is 2.31. The summed E-state index contributed by atoms with van der Waals surface area (Å²) in [6, 6.07) is 7.55. The summed E-state index contributed by atoms with van der Waals surface area (Å²) in [5.74, 6) is 0.333. The Labute approximate surface area is 120 Å². The first-order chi connectivity index (χ1) is 9.65. The molecule has 1 heterocycles. The normalized spacial score (nSPS) is 10.1. The minimum absolute atomic E-state index is 0.159. The van der Waals surface area contributed by atoms with Gasteiger partial charge in [0.2, 0.25) is 11.6 Å². The molecule has 104 valence electrons. The molecule has 8 heteroatoms. The first-order valence-electron chi connectivity index (χ1n) is 5.74. The zero-order valence-electron chi connectivity index (χ0n) is 11.0. The van der Waals surface area contributed by atoms with Gasteiger partial charge in [0.05, 0.1) is 4.92 Å². The Kier molecular flexibility index (Phi) is 4.36. The van der Waals surface area contributed by atoms with Crippen LogP contribution < -0.4 is 10.6 Å². The Hall–Kier alpha value is -2.35. The predicted octanol–water partition coefficient (Wildman–Crippen LogP) is 2.89. The number of hydrogen-bond donors (Lipinski definition) is 2. The van der Waals surface area contributed by atoms with Crippen LogP contribution in [0.2, 0.25) is 0 Å². The van der Waals surface area contributed by atoms with Gasteiger partial charge in [-0.3, -0.25) is 10.1 Å². The zero-order valence-corrected chi connectivity index (χ0v) is 11.8. The number of nitro groups is 1. The second-order valence-electron chi connectivity index (χ2n) is 3.78. The summed E-state index contributed by atoms with van der Waals surface area (Å²) in [4.78, 5) is 19.5. The Morgan fingerprint density at radius 3 is 2.40 bits per heavy atom. The standard InChI is InChI=1S/C12H13N5O2S/c1-13-11-10(17(18)19)12(15-7-14-11)16-8-3-5-9(20-2)6-4-8/h3-7H,1-2H3,(H2,13,14,15,16). The van der Waals surface area contributed by atoms with Crippen molar-refractivity contribution in [3.63, 3.8) is 0 Å². The Morgan fingerprint density at radius 2 is 1.85 bits per heavy atom. The maximum absolute atomic E-state index is 11.1. The molecule has 2 aromatic rings. The van der Waals surface area contributed by atoms with Crippen molar-refractivity contribution in [1.82, 2.24) is 9.97 Å². The van der Waals surface area contributed by atoms with Crippen LogP contribution in [0, 0.1) is 10.1 Å².